The number of pyridine rings is 2. The first-order chi connectivity index (χ1) is 13.9. The van der Waals surface area contributed by atoms with Crippen LogP contribution in [0.5, 0.6) is 0 Å². The van der Waals surface area contributed by atoms with Gasteiger partial charge in [-0.3, -0.25) is 25.0 Å². The minimum absolute atomic E-state index is 0.0651. The third-order valence-electron chi connectivity index (χ3n) is 4.99. The maximum absolute atomic E-state index is 13.6. The fraction of sp³-hybridized carbons (Fsp3) is 0.421. The molecule has 0 aliphatic carbocycles. The van der Waals surface area contributed by atoms with Crippen LogP contribution in [0.15, 0.2) is 42.0 Å². The zero-order valence-corrected chi connectivity index (χ0v) is 16.2. The SMILES string of the molecule is Cc1cccnc1-c1ccncc1NC(=O)C(C(N)N=O)C1NCC(F)CN1C. The molecule has 3 rings (SSSR count). The van der Waals surface area contributed by atoms with Crippen LogP contribution in [0.1, 0.15) is 5.56 Å². The minimum atomic E-state index is -1.30. The number of alkyl halides is 1. The van der Waals surface area contributed by atoms with Crippen molar-refractivity contribution >= 4 is 11.6 Å². The van der Waals surface area contributed by atoms with Crippen LogP contribution in [0, 0.1) is 17.7 Å². The van der Waals surface area contributed by atoms with Gasteiger partial charge in [0.15, 0.2) is 6.17 Å². The highest BCUT2D eigenvalue weighted by molar-refractivity contribution is 5.97. The molecule has 0 radical (unpaired) electrons. The third kappa shape index (κ3) is 4.61. The molecule has 1 fully saturated rings. The van der Waals surface area contributed by atoms with Crippen LogP contribution < -0.4 is 16.4 Å². The number of hydrogen-bond acceptors (Lipinski definition) is 8. The summed E-state index contributed by atoms with van der Waals surface area (Å²) in [6, 6.07) is 5.49. The highest BCUT2D eigenvalue weighted by atomic mass is 19.1. The number of nitrogens with zero attached hydrogens (tertiary/aromatic N) is 4. The van der Waals surface area contributed by atoms with Crippen LogP contribution in [0.25, 0.3) is 11.3 Å². The Morgan fingerprint density at radius 3 is 2.93 bits per heavy atom. The van der Waals surface area contributed by atoms with Crippen molar-refractivity contribution in [1.29, 1.82) is 0 Å². The average Bonchev–Trinajstić information content (AvgIpc) is 2.70. The Balaban J connectivity index is 1.89. The second-order valence-electron chi connectivity index (χ2n) is 7.09. The summed E-state index contributed by atoms with van der Waals surface area (Å²) in [6.07, 6.45) is 1.77. The van der Waals surface area contributed by atoms with Gasteiger partial charge in [-0.15, -0.1) is 4.91 Å². The molecule has 4 atom stereocenters. The zero-order chi connectivity index (χ0) is 21.0. The van der Waals surface area contributed by atoms with Gasteiger partial charge in [0.1, 0.15) is 12.1 Å². The molecular weight excluding hydrogens is 377 g/mol. The molecule has 0 saturated carbocycles. The summed E-state index contributed by atoms with van der Waals surface area (Å²) in [4.78, 5) is 34.4. The van der Waals surface area contributed by atoms with Crippen LogP contribution in [0.4, 0.5) is 10.1 Å². The van der Waals surface area contributed by atoms with Crippen molar-refractivity contribution in [3.63, 3.8) is 0 Å². The lowest BCUT2D eigenvalue weighted by atomic mass is 9.98. The summed E-state index contributed by atoms with van der Waals surface area (Å²) in [6.45, 7) is 2.10. The molecule has 0 aromatic carbocycles. The summed E-state index contributed by atoms with van der Waals surface area (Å²) in [5.74, 6) is -1.54. The van der Waals surface area contributed by atoms with Crippen molar-refractivity contribution in [1.82, 2.24) is 20.2 Å². The number of halogens is 1. The highest BCUT2D eigenvalue weighted by Crippen LogP contribution is 2.29. The van der Waals surface area contributed by atoms with Crippen molar-refractivity contribution < 1.29 is 9.18 Å². The van der Waals surface area contributed by atoms with Gasteiger partial charge in [0.25, 0.3) is 0 Å². The van der Waals surface area contributed by atoms with E-state index in [1.165, 1.54) is 6.20 Å². The molecule has 1 saturated heterocycles. The number of carbonyl (C=O) groups excluding carboxylic acids is 1. The molecule has 10 heteroatoms. The van der Waals surface area contributed by atoms with E-state index >= 15 is 0 Å². The molecule has 154 valence electrons. The van der Waals surface area contributed by atoms with Crippen molar-refractivity contribution in [3.8, 4) is 11.3 Å². The second kappa shape index (κ2) is 9.12. The van der Waals surface area contributed by atoms with E-state index in [4.69, 9.17) is 5.73 Å². The number of aryl methyl sites for hydroxylation is 1. The Hall–Kier alpha value is -2.82. The number of anilines is 1. The van der Waals surface area contributed by atoms with Crippen LogP contribution in [0.2, 0.25) is 0 Å². The van der Waals surface area contributed by atoms with E-state index in [1.54, 1.807) is 30.4 Å². The van der Waals surface area contributed by atoms with E-state index in [-0.39, 0.29) is 13.1 Å². The molecule has 4 unspecified atom stereocenters. The Morgan fingerprint density at radius 2 is 2.24 bits per heavy atom. The topological polar surface area (TPSA) is 126 Å². The first-order valence-electron chi connectivity index (χ1n) is 9.25. The molecule has 0 spiro atoms. The van der Waals surface area contributed by atoms with Crippen molar-refractivity contribution in [2.75, 3.05) is 25.5 Å². The predicted octanol–water partition coefficient (Wildman–Crippen LogP) is 1.26. The fourth-order valence-electron chi connectivity index (χ4n) is 3.53. The molecule has 4 N–H and O–H groups in total. The smallest absolute Gasteiger partial charge is 0.234 e. The van der Waals surface area contributed by atoms with Gasteiger partial charge >= 0.3 is 0 Å². The number of carbonyl (C=O) groups is 1. The van der Waals surface area contributed by atoms with Gasteiger partial charge in [-0.2, -0.15) is 0 Å². The quantitative estimate of drug-likeness (QED) is 0.622. The lowest BCUT2D eigenvalue weighted by molar-refractivity contribution is -0.124. The number of amides is 1. The van der Waals surface area contributed by atoms with E-state index in [0.717, 1.165) is 5.56 Å². The highest BCUT2D eigenvalue weighted by Gasteiger charge is 2.40. The number of rotatable bonds is 6. The summed E-state index contributed by atoms with van der Waals surface area (Å²) < 4.78 is 13.6. The van der Waals surface area contributed by atoms with Gasteiger partial charge in [0, 0.05) is 31.0 Å². The largest absolute Gasteiger partial charge is 0.324 e. The number of nitrogens with two attached hydrogens (primary N) is 1. The monoisotopic (exact) mass is 401 g/mol. The summed E-state index contributed by atoms with van der Waals surface area (Å²) >= 11 is 0. The van der Waals surface area contributed by atoms with E-state index in [2.05, 4.69) is 25.8 Å². The van der Waals surface area contributed by atoms with Crippen LogP contribution >= 0.6 is 0 Å². The molecule has 2 aromatic heterocycles. The second-order valence-corrected chi connectivity index (χ2v) is 7.09. The maximum Gasteiger partial charge on any atom is 0.234 e. The first kappa shape index (κ1) is 20.9. The molecule has 29 heavy (non-hydrogen) atoms. The van der Waals surface area contributed by atoms with Crippen molar-refractivity contribution in [3.05, 3.63) is 47.3 Å². The zero-order valence-electron chi connectivity index (χ0n) is 16.2. The van der Waals surface area contributed by atoms with Gasteiger partial charge in [0.2, 0.25) is 5.91 Å². The predicted molar refractivity (Wildman–Crippen MR) is 107 cm³/mol. The number of nitrogens with one attached hydrogen (secondary N) is 2. The van der Waals surface area contributed by atoms with Crippen LogP contribution in [-0.2, 0) is 4.79 Å². The van der Waals surface area contributed by atoms with E-state index in [1.807, 2.05) is 19.1 Å². The maximum atomic E-state index is 13.6. The van der Waals surface area contributed by atoms with Gasteiger partial charge in [0.05, 0.1) is 23.7 Å². The Labute approximate surface area is 167 Å². The van der Waals surface area contributed by atoms with Gasteiger partial charge in [-0.05, 0) is 31.7 Å². The first-order valence-corrected chi connectivity index (χ1v) is 9.25. The van der Waals surface area contributed by atoms with Gasteiger partial charge in [-0.25, -0.2) is 4.39 Å². The number of nitroso groups, excluding NO2 is 1. The molecular formula is C19H24FN7O2. The Morgan fingerprint density at radius 1 is 1.45 bits per heavy atom. The fourth-order valence-corrected chi connectivity index (χ4v) is 3.53. The van der Waals surface area contributed by atoms with Crippen LogP contribution in [-0.4, -0.2) is 59.4 Å². The molecule has 3 heterocycles. The molecule has 9 nitrogen and oxygen atoms in total. The third-order valence-corrected chi connectivity index (χ3v) is 4.99. The average molecular weight is 401 g/mol. The van der Waals surface area contributed by atoms with Crippen molar-refractivity contribution in [2.45, 2.75) is 25.4 Å². The van der Waals surface area contributed by atoms with Crippen molar-refractivity contribution in [2.24, 2.45) is 16.8 Å². The summed E-state index contributed by atoms with van der Waals surface area (Å²) in [5.41, 5.74) is 8.60. The normalized spacial score (nSPS) is 21.9. The van der Waals surface area contributed by atoms with Gasteiger partial charge in [-0.1, -0.05) is 11.2 Å². The molecule has 1 amide bonds. The lowest BCUT2D eigenvalue weighted by Gasteiger charge is -2.39. The summed E-state index contributed by atoms with van der Waals surface area (Å²) in [7, 11) is 1.66. The minimum Gasteiger partial charge on any atom is -0.324 e. The number of hydrogen-bond donors (Lipinski definition) is 3. The Bertz CT molecular complexity index is 881. The molecule has 0 bridgehead atoms. The molecule has 1 aliphatic rings. The van der Waals surface area contributed by atoms with Crippen LogP contribution in [0.3, 0.4) is 0 Å². The van der Waals surface area contributed by atoms with E-state index < -0.39 is 30.3 Å². The van der Waals surface area contributed by atoms with Gasteiger partial charge < -0.3 is 11.1 Å². The number of aromatic nitrogens is 2. The van der Waals surface area contributed by atoms with E-state index in [0.29, 0.717) is 16.9 Å². The standard InChI is InChI=1S/C19H24FN7O2/c1-11-4-3-6-23-16(11)13-5-7-22-9-14(13)25-19(28)15(17(21)26-29)18-24-8-12(20)10-27(18)2/h3-7,9,12,15,17-18,24H,8,10,21H2,1-2H3,(H,25,28). The molecule has 2 aromatic rings. The molecule has 1 aliphatic heterocycles. The lowest BCUT2D eigenvalue weighted by Crippen LogP contribution is -2.62. The summed E-state index contributed by atoms with van der Waals surface area (Å²) in [5, 5.41) is 8.59. The van der Waals surface area contributed by atoms with E-state index in [9.17, 15) is 14.1 Å². The Kier molecular flexibility index (Phi) is 6.57.